The minimum absolute atomic E-state index is 0.636. The molecule has 0 aromatic rings. The molecular weight excluding hydrogens is 220 g/mol. The van der Waals surface area contributed by atoms with E-state index in [0.717, 1.165) is 18.4 Å². The molecule has 0 amide bonds. The number of hydrogen-bond donors (Lipinski definition) is 2. The molecule has 0 heterocycles. The first-order valence-electron chi connectivity index (χ1n) is 7.83. The second-order valence-corrected chi connectivity index (χ2v) is 6.46. The van der Waals surface area contributed by atoms with Gasteiger partial charge in [-0.3, -0.25) is 11.3 Å². The highest BCUT2D eigenvalue weighted by Gasteiger charge is 2.57. The summed E-state index contributed by atoms with van der Waals surface area (Å²) in [5.41, 5.74) is 7.05. The maximum absolute atomic E-state index is 5.30. The lowest BCUT2D eigenvalue weighted by Gasteiger charge is -2.63. The van der Waals surface area contributed by atoms with Crippen molar-refractivity contribution < 1.29 is 0 Å². The van der Waals surface area contributed by atoms with Crippen LogP contribution < -0.4 is 11.3 Å². The second-order valence-electron chi connectivity index (χ2n) is 6.46. The molecule has 3 atom stereocenters. The summed E-state index contributed by atoms with van der Waals surface area (Å²) in [4.78, 5) is 0. The van der Waals surface area contributed by atoms with E-state index in [1.54, 1.807) is 0 Å². The number of hydrogen-bond acceptors (Lipinski definition) is 2. The SMILES string of the molecule is CCC1=C(CCCCCNN)C2C1CC2(C)CC. The summed E-state index contributed by atoms with van der Waals surface area (Å²) in [5.74, 6) is 7.22. The monoisotopic (exact) mass is 250 g/mol. The van der Waals surface area contributed by atoms with Crippen LogP contribution in [0, 0.1) is 17.3 Å². The van der Waals surface area contributed by atoms with E-state index in [-0.39, 0.29) is 0 Å². The van der Waals surface area contributed by atoms with Crippen molar-refractivity contribution in [2.75, 3.05) is 6.54 Å². The van der Waals surface area contributed by atoms with E-state index in [4.69, 9.17) is 5.84 Å². The predicted molar refractivity (Wildman–Crippen MR) is 78.0 cm³/mol. The number of fused-ring (bicyclic) bond motifs is 1. The van der Waals surface area contributed by atoms with Gasteiger partial charge in [-0.05, 0) is 49.4 Å². The number of rotatable bonds is 8. The van der Waals surface area contributed by atoms with Crippen molar-refractivity contribution in [3.63, 3.8) is 0 Å². The van der Waals surface area contributed by atoms with Crippen LogP contribution in [-0.4, -0.2) is 6.54 Å². The van der Waals surface area contributed by atoms with E-state index in [1.165, 1.54) is 44.9 Å². The number of nitrogens with two attached hydrogens (primary N) is 1. The summed E-state index contributed by atoms with van der Waals surface area (Å²) in [6, 6.07) is 0. The molecular formula is C16H30N2. The maximum Gasteiger partial charge on any atom is 0.00974 e. The van der Waals surface area contributed by atoms with Crippen LogP contribution >= 0.6 is 0 Å². The van der Waals surface area contributed by atoms with Gasteiger partial charge in [0.05, 0.1) is 0 Å². The van der Waals surface area contributed by atoms with Crippen molar-refractivity contribution in [3.8, 4) is 0 Å². The number of allylic oxidation sites excluding steroid dienone is 2. The van der Waals surface area contributed by atoms with Gasteiger partial charge in [0, 0.05) is 6.54 Å². The Kier molecular flexibility index (Phi) is 4.50. The molecule has 0 radical (unpaired) electrons. The van der Waals surface area contributed by atoms with Crippen molar-refractivity contribution >= 4 is 0 Å². The largest absolute Gasteiger partial charge is 0.271 e. The lowest BCUT2D eigenvalue weighted by Crippen LogP contribution is -2.53. The van der Waals surface area contributed by atoms with E-state index < -0.39 is 0 Å². The Morgan fingerprint density at radius 3 is 2.61 bits per heavy atom. The Bertz CT molecular complexity index is 321. The molecule has 2 rings (SSSR count). The molecule has 18 heavy (non-hydrogen) atoms. The van der Waals surface area contributed by atoms with E-state index in [2.05, 4.69) is 26.2 Å². The number of unbranched alkanes of at least 4 members (excludes halogenated alkanes) is 2. The summed E-state index contributed by atoms with van der Waals surface area (Å²) >= 11 is 0. The van der Waals surface area contributed by atoms with Crippen molar-refractivity contribution in [2.45, 2.75) is 65.7 Å². The summed E-state index contributed by atoms with van der Waals surface area (Å²) in [7, 11) is 0. The maximum atomic E-state index is 5.30. The van der Waals surface area contributed by atoms with Gasteiger partial charge in [0.25, 0.3) is 0 Å². The van der Waals surface area contributed by atoms with Crippen LogP contribution in [0.1, 0.15) is 65.7 Å². The molecule has 1 fully saturated rings. The van der Waals surface area contributed by atoms with Gasteiger partial charge in [0.1, 0.15) is 0 Å². The molecule has 1 saturated carbocycles. The number of hydrazine groups is 1. The molecule has 3 unspecified atom stereocenters. The molecule has 0 aliphatic heterocycles. The molecule has 0 aromatic heterocycles. The van der Waals surface area contributed by atoms with Crippen LogP contribution in [0.25, 0.3) is 0 Å². The quantitative estimate of drug-likeness (QED) is 0.298. The molecule has 2 aliphatic rings. The fourth-order valence-corrected chi connectivity index (χ4v) is 4.29. The Hall–Kier alpha value is -0.340. The average Bonchev–Trinajstić information content (AvgIpc) is 2.35. The molecule has 104 valence electrons. The van der Waals surface area contributed by atoms with Crippen LogP contribution in [0.5, 0.6) is 0 Å². The van der Waals surface area contributed by atoms with Gasteiger partial charge in [0.15, 0.2) is 0 Å². The Morgan fingerprint density at radius 1 is 1.22 bits per heavy atom. The van der Waals surface area contributed by atoms with E-state index in [1.807, 2.05) is 11.1 Å². The molecule has 2 nitrogen and oxygen atoms in total. The van der Waals surface area contributed by atoms with Crippen molar-refractivity contribution in [3.05, 3.63) is 11.1 Å². The minimum atomic E-state index is 0.636. The highest BCUT2D eigenvalue weighted by Crippen LogP contribution is 2.67. The predicted octanol–water partition coefficient (Wildman–Crippen LogP) is 3.78. The van der Waals surface area contributed by atoms with Crippen molar-refractivity contribution in [2.24, 2.45) is 23.1 Å². The topological polar surface area (TPSA) is 38.0 Å². The third kappa shape index (κ3) is 2.25. The first-order chi connectivity index (χ1) is 8.68. The van der Waals surface area contributed by atoms with E-state index in [0.29, 0.717) is 5.41 Å². The zero-order chi connectivity index (χ0) is 13.2. The van der Waals surface area contributed by atoms with Gasteiger partial charge < -0.3 is 0 Å². The van der Waals surface area contributed by atoms with E-state index in [9.17, 15) is 0 Å². The normalized spacial score (nSPS) is 34.0. The summed E-state index contributed by atoms with van der Waals surface area (Å²) in [6.07, 6.45) is 9.33. The van der Waals surface area contributed by atoms with Crippen LogP contribution in [0.15, 0.2) is 11.1 Å². The fraction of sp³-hybridized carbons (Fsp3) is 0.875. The zero-order valence-electron chi connectivity index (χ0n) is 12.4. The molecule has 2 heteroatoms. The molecule has 3 N–H and O–H groups in total. The fourth-order valence-electron chi connectivity index (χ4n) is 4.29. The van der Waals surface area contributed by atoms with Gasteiger partial charge >= 0.3 is 0 Å². The lowest BCUT2D eigenvalue weighted by atomic mass is 9.42. The molecule has 0 aromatic carbocycles. The second kappa shape index (κ2) is 5.75. The van der Waals surface area contributed by atoms with Crippen LogP contribution in [0.2, 0.25) is 0 Å². The average molecular weight is 250 g/mol. The van der Waals surface area contributed by atoms with Crippen LogP contribution in [0.3, 0.4) is 0 Å². The first kappa shape index (κ1) is 14.1. The molecule has 0 saturated heterocycles. The Labute approximate surface area is 112 Å². The first-order valence-corrected chi connectivity index (χ1v) is 7.83. The van der Waals surface area contributed by atoms with Crippen molar-refractivity contribution in [1.29, 1.82) is 0 Å². The molecule has 0 spiro atoms. The highest BCUT2D eigenvalue weighted by atomic mass is 15.2. The van der Waals surface area contributed by atoms with Crippen molar-refractivity contribution in [1.82, 2.24) is 5.43 Å². The van der Waals surface area contributed by atoms with Crippen LogP contribution in [0.4, 0.5) is 0 Å². The van der Waals surface area contributed by atoms with Crippen LogP contribution in [-0.2, 0) is 0 Å². The van der Waals surface area contributed by atoms with Gasteiger partial charge in [-0.2, -0.15) is 0 Å². The zero-order valence-corrected chi connectivity index (χ0v) is 12.4. The smallest absolute Gasteiger partial charge is 0.00974 e. The van der Waals surface area contributed by atoms with E-state index >= 15 is 0 Å². The standard InChI is InChI=1S/C16H30N2/c1-4-12-13(9-7-6-8-10-18-17)15-14(12)11-16(15,3)5-2/h14-15,18H,4-11,17H2,1-3H3. The van der Waals surface area contributed by atoms with Gasteiger partial charge in [-0.15, -0.1) is 0 Å². The minimum Gasteiger partial charge on any atom is -0.271 e. The lowest BCUT2D eigenvalue weighted by molar-refractivity contribution is -0.0182. The highest BCUT2D eigenvalue weighted by molar-refractivity contribution is 5.40. The Morgan fingerprint density at radius 2 is 2.00 bits per heavy atom. The van der Waals surface area contributed by atoms with Gasteiger partial charge in [0.2, 0.25) is 0 Å². The summed E-state index contributed by atoms with van der Waals surface area (Å²) < 4.78 is 0. The molecule has 0 bridgehead atoms. The third-order valence-corrected chi connectivity index (χ3v) is 5.53. The number of nitrogens with one attached hydrogen (secondary N) is 1. The van der Waals surface area contributed by atoms with Gasteiger partial charge in [-0.25, -0.2) is 0 Å². The summed E-state index contributed by atoms with van der Waals surface area (Å²) in [6.45, 7) is 8.16. The van der Waals surface area contributed by atoms with Gasteiger partial charge in [-0.1, -0.05) is 44.8 Å². The Balaban J connectivity index is 1.84. The molecule has 2 aliphatic carbocycles. The third-order valence-electron chi connectivity index (χ3n) is 5.53. The summed E-state index contributed by atoms with van der Waals surface area (Å²) in [5, 5.41) is 0.